The van der Waals surface area contributed by atoms with E-state index >= 15 is 0 Å². The SMILES string of the molecule is Cc1nc(SCC(=O)N(C)Cc2ccc(F)cc2)oc1C. The van der Waals surface area contributed by atoms with Crippen molar-refractivity contribution >= 4 is 17.7 Å². The molecule has 4 nitrogen and oxygen atoms in total. The third-order valence-electron chi connectivity index (χ3n) is 3.09. The molecule has 0 fully saturated rings. The van der Waals surface area contributed by atoms with Crippen molar-refractivity contribution in [3.63, 3.8) is 0 Å². The molecular weight excluding hydrogens is 291 g/mol. The fraction of sp³-hybridized carbons (Fsp3) is 0.333. The van der Waals surface area contributed by atoms with Gasteiger partial charge in [0.2, 0.25) is 5.91 Å². The fourth-order valence-electron chi connectivity index (χ4n) is 1.69. The van der Waals surface area contributed by atoms with Crippen LogP contribution in [-0.2, 0) is 11.3 Å². The molecule has 0 unspecified atom stereocenters. The number of carbonyl (C=O) groups is 1. The smallest absolute Gasteiger partial charge is 0.256 e. The molecule has 0 aliphatic rings. The number of oxazole rings is 1. The number of carbonyl (C=O) groups excluding carboxylic acids is 1. The number of benzene rings is 1. The second-order valence-corrected chi connectivity index (χ2v) is 5.71. The number of amides is 1. The van der Waals surface area contributed by atoms with E-state index < -0.39 is 0 Å². The molecule has 0 saturated carbocycles. The van der Waals surface area contributed by atoms with E-state index in [4.69, 9.17) is 4.42 Å². The van der Waals surface area contributed by atoms with Crippen LogP contribution in [0.2, 0.25) is 0 Å². The van der Waals surface area contributed by atoms with Crippen molar-refractivity contribution in [2.45, 2.75) is 25.6 Å². The summed E-state index contributed by atoms with van der Waals surface area (Å²) in [5.74, 6) is 0.720. The van der Waals surface area contributed by atoms with Crippen LogP contribution in [-0.4, -0.2) is 28.6 Å². The van der Waals surface area contributed by atoms with Crippen LogP contribution >= 0.6 is 11.8 Å². The van der Waals surface area contributed by atoms with Gasteiger partial charge in [-0.3, -0.25) is 4.79 Å². The van der Waals surface area contributed by atoms with E-state index in [2.05, 4.69) is 4.98 Å². The normalized spacial score (nSPS) is 10.7. The summed E-state index contributed by atoms with van der Waals surface area (Å²) < 4.78 is 18.2. The van der Waals surface area contributed by atoms with Gasteiger partial charge < -0.3 is 9.32 Å². The lowest BCUT2D eigenvalue weighted by atomic mass is 10.2. The Balaban J connectivity index is 1.86. The summed E-state index contributed by atoms with van der Waals surface area (Å²) in [6.45, 7) is 4.16. The van der Waals surface area contributed by atoms with Crippen LogP contribution in [0.1, 0.15) is 17.0 Å². The molecule has 0 N–H and O–H groups in total. The highest BCUT2D eigenvalue weighted by Crippen LogP contribution is 2.20. The molecule has 2 rings (SSSR count). The van der Waals surface area contributed by atoms with E-state index in [0.29, 0.717) is 11.8 Å². The molecule has 0 saturated heterocycles. The van der Waals surface area contributed by atoms with Crippen molar-refractivity contribution in [1.82, 2.24) is 9.88 Å². The van der Waals surface area contributed by atoms with Crippen LogP contribution in [0.4, 0.5) is 4.39 Å². The molecule has 112 valence electrons. The second kappa shape index (κ2) is 6.76. The first-order chi connectivity index (χ1) is 9.95. The Morgan fingerprint density at radius 3 is 2.57 bits per heavy atom. The summed E-state index contributed by atoms with van der Waals surface area (Å²) >= 11 is 1.28. The molecule has 0 aliphatic heterocycles. The third-order valence-corrected chi connectivity index (χ3v) is 3.90. The molecule has 1 aromatic heterocycles. The molecule has 6 heteroatoms. The van der Waals surface area contributed by atoms with E-state index in [0.717, 1.165) is 17.0 Å². The highest BCUT2D eigenvalue weighted by molar-refractivity contribution is 7.99. The monoisotopic (exact) mass is 308 g/mol. The first-order valence-electron chi connectivity index (χ1n) is 6.51. The molecule has 0 atom stereocenters. The van der Waals surface area contributed by atoms with Gasteiger partial charge >= 0.3 is 0 Å². The van der Waals surface area contributed by atoms with Crippen LogP contribution in [0, 0.1) is 19.7 Å². The number of thioether (sulfide) groups is 1. The lowest BCUT2D eigenvalue weighted by molar-refractivity contribution is -0.127. The Bertz CT molecular complexity index is 606. The van der Waals surface area contributed by atoms with Gasteiger partial charge in [-0.15, -0.1) is 0 Å². The zero-order valence-electron chi connectivity index (χ0n) is 12.2. The number of rotatable bonds is 5. The maximum atomic E-state index is 12.8. The molecule has 0 spiro atoms. The van der Waals surface area contributed by atoms with E-state index in [1.165, 1.54) is 23.9 Å². The van der Waals surface area contributed by atoms with Crippen molar-refractivity contribution in [1.29, 1.82) is 0 Å². The molecule has 0 radical (unpaired) electrons. The van der Waals surface area contributed by atoms with Crippen LogP contribution in [0.5, 0.6) is 0 Å². The average molecular weight is 308 g/mol. The number of nitrogens with zero attached hydrogens (tertiary/aromatic N) is 2. The Hall–Kier alpha value is -1.82. The molecule has 0 bridgehead atoms. The summed E-state index contributed by atoms with van der Waals surface area (Å²) in [5, 5.41) is 0.508. The Morgan fingerprint density at radius 2 is 2.00 bits per heavy atom. The molecule has 1 heterocycles. The molecule has 1 aromatic carbocycles. The van der Waals surface area contributed by atoms with Crippen LogP contribution < -0.4 is 0 Å². The molecule has 0 aliphatic carbocycles. The molecular formula is C15H17FN2O2S. The number of aromatic nitrogens is 1. The Labute approximate surface area is 127 Å². The highest BCUT2D eigenvalue weighted by Gasteiger charge is 2.13. The zero-order valence-corrected chi connectivity index (χ0v) is 13.0. The lowest BCUT2D eigenvalue weighted by Gasteiger charge is -2.16. The third kappa shape index (κ3) is 4.32. The first-order valence-corrected chi connectivity index (χ1v) is 7.49. The maximum absolute atomic E-state index is 12.8. The van der Waals surface area contributed by atoms with Crippen LogP contribution in [0.15, 0.2) is 33.9 Å². The van der Waals surface area contributed by atoms with Gasteiger partial charge in [0.1, 0.15) is 11.6 Å². The second-order valence-electron chi connectivity index (χ2n) is 4.79. The number of halogens is 1. The standard InChI is InChI=1S/C15H17FN2O2S/c1-10-11(2)20-15(17-10)21-9-14(19)18(3)8-12-4-6-13(16)7-5-12/h4-7H,8-9H2,1-3H3. The predicted molar refractivity (Wildman–Crippen MR) is 79.6 cm³/mol. The van der Waals surface area contributed by atoms with Crippen molar-refractivity contribution in [2.24, 2.45) is 0 Å². The first kappa shape index (κ1) is 15.6. The summed E-state index contributed by atoms with van der Waals surface area (Å²) in [4.78, 5) is 17.9. The van der Waals surface area contributed by atoms with Crippen molar-refractivity contribution in [2.75, 3.05) is 12.8 Å². The Morgan fingerprint density at radius 1 is 1.33 bits per heavy atom. The average Bonchev–Trinajstić information content (AvgIpc) is 2.77. The zero-order chi connectivity index (χ0) is 15.4. The molecule has 2 aromatic rings. The van der Waals surface area contributed by atoms with Gasteiger partial charge in [-0.05, 0) is 31.5 Å². The van der Waals surface area contributed by atoms with Crippen molar-refractivity contribution in [3.05, 3.63) is 47.1 Å². The minimum absolute atomic E-state index is 0.0298. The van der Waals surface area contributed by atoms with E-state index in [1.54, 1.807) is 24.1 Å². The fourth-order valence-corrected chi connectivity index (χ4v) is 2.54. The summed E-state index contributed by atoms with van der Waals surface area (Å²) in [6, 6.07) is 6.13. The minimum atomic E-state index is -0.280. The topological polar surface area (TPSA) is 46.3 Å². The minimum Gasteiger partial charge on any atom is -0.437 e. The molecule has 21 heavy (non-hydrogen) atoms. The van der Waals surface area contributed by atoms with Crippen molar-refractivity contribution < 1.29 is 13.6 Å². The largest absolute Gasteiger partial charge is 0.437 e. The van der Waals surface area contributed by atoms with Gasteiger partial charge in [-0.25, -0.2) is 9.37 Å². The van der Waals surface area contributed by atoms with Gasteiger partial charge in [0, 0.05) is 13.6 Å². The van der Waals surface area contributed by atoms with Gasteiger partial charge in [0.25, 0.3) is 5.22 Å². The number of hydrogen-bond donors (Lipinski definition) is 0. The lowest BCUT2D eigenvalue weighted by Crippen LogP contribution is -2.27. The van der Waals surface area contributed by atoms with E-state index in [9.17, 15) is 9.18 Å². The summed E-state index contributed by atoms with van der Waals surface area (Å²) in [6.07, 6.45) is 0. The Kier molecular flexibility index (Phi) is 5.01. The maximum Gasteiger partial charge on any atom is 0.256 e. The van der Waals surface area contributed by atoms with Gasteiger partial charge in [0.05, 0.1) is 11.4 Å². The highest BCUT2D eigenvalue weighted by atomic mass is 32.2. The number of hydrogen-bond acceptors (Lipinski definition) is 4. The quantitative estimate of drug-likeness (QED) is 0.796. The van der Waals surface area contributed by atoms with Gasteiger partial charge in [-0.2, -0.15) is 0 Å². The predicted octanol–water partition coefficient (Wildman–Crippen LogP) is 3.18. The summed E-state index contributed by atoms with van der Waals surface area (Å²) in [7, 11) is 1.72. The number of aryl methyl sites for hydroxylation is 2. The van der Waals surface area contributed by atoms with E-state index in [-0.39, 0.29) is 17.5 Å². The van der Waals surface area contributed by atoms with Gasteiger partial charge in [0.15, 0.2) is 0 Å². The van der Waals surface area contributed by atoms with Gasteiger partial charge in [-0.1, -0.05) is 23.9 Å². The van der Waals surface area contributed by atoms with Crippen molar-refractivity contribution in [3.8, 4) is 0 Å². The van der Waals surface area contributed by atoms with Crippen LogP contribution in [0.3, 0.4) is 0 Å². The van der Waals surface area contributed by atoms with Crippen LogP contribution in [0.25, 0.3) is 0 Å². The summed E-state index contributed by atoms with van der Waals surface area (Å²) in [5.41, 5.74) is 1.73. The van der Waals surface area contributed by atoms with E-state index in [1.807, 2.05) is 13.8 Å². The molecule has 1 amide bonds.